The van der Waals surface area contributed by atoms with E-state index in [2.05, 4.69) is 115 Å². The van der Waals surface area contributed by atoms with Gasteiger partial charge in [0.15, 0.2) is 0 Å². The Morgan fingerprint density at radius 3 is 1.18 bits per heavy atom. The van der Waals surface area contributed by atoms with Gasteiger partial charge in [-0.2, -0.15) is 48.4 Å². The molecule has 0 spiro atoms. The molecule has 0 N–H and O–H groups in total. The Hall–Kier alpha value is -2.01. The van der Waals surface area contributed by atoms with Gasteiger partial charge in [0.25, 0.3) is 0 Å². The van der Waals surface area contributed by atoms with Gasteiger partial charge in [0, 0.05) is 0 Å². The Morgan fingerprint density at radius 2 is 0.970 bits per heavy atom. The second-order valence-electron chi connectivity index (χ2n) is 6.88. The average Bonchev–Trinajstić information content (AvgIpc) is 3.36. The largest absolute Gasteiger partial charge is 4.00 e. The fourth-order valence-electron chi connectivity index (χ4n) is 2.03. The fraction of sp³-hybridized carbons (Fsp3) is 0.310. The topological polar surface area (TPSA) is 42.3 Å². The predicted molar refractivity (Wildman–Crippen MR) is 148 cm³/mol. The molecule has 176 valence electrons. The Balaban J connectivity index is -0.000000494. The fourth-order valence-corrected chi connectivity index (χ4v) is 2.03. The van der Waals surface area contributed by atoms with Gasteiger partial charge in [-0.1, -0.05) is 84.0 Å². The number of hydrogen-bond donors (Lipinski definition) is 0. The van der Waals surface area contributed by atoms with Crippen LogP contribution in [0.15, 0.2) is 78.9 Å². The van der Waals surface area contributed by atoms with Crippen LogP contribution in [0, 0.1) is 19.9 Å². The minimum Gasteiger partial charge on any atom is -0.668 e. The van der Waals surface area contributed by atoms with Gasteiger partial charge >= 0.3 is 21.7 Å². The Bertz CT molecular complexity index is 690. The third kappa shape index (κ3) is 26.1. The van der Waals surface area contributed by atoms with Gasteiger partial charge < -0.3 is 16.0 Å². The first-order chi connectivity index (χ1) is 15.5. The molecule has 3 rings (SSSR count). The van der Waals surface area contributed by atoms with E-state index in [0.29, 0.717) is 0 Å². The summed E-state index contributed by atoms with van der Waals surface area (Å²) in [6.07, 6.45) is 18.4. The maximum absolute atomic E-state index is 3.50. The molecule has 1 aliphatic carbocycles. The molecule has 0 saturated heterocycles. The molecule has 0 saturated carbocycles. The van der Waals surface area contributed by atoms with Crippen molar-refractivity contribution in [2.75, 3.05) is 42.3 Å². The van der Waals surface area contributed by atoms with Gasteiger partial charge in [0.2, 0.25) is 0 Å². The molecule has 0 atom stereocenters. The summed E-state index contributed by atoms with van der Waals surface area (Å²) in [5.41, 5.74) is 5.05. The summed E-state index contributed by atoms with van der Waals surface area (Å²) in [6.45, 7) is 4.20. The first-order valence-electron chi connectivity index (χ1n) is 10.6. The summed E-state index contributed by atoms with van der Waals surface area (Å²) in [6, 6.07) is 17.0. The molecule has 0 bridgehead atoms. The van der Waals surface area contributed by atoms with Gasteiger partial charge in [0.1, 0.15) is 0 Å². The minimum atomic E-state index is 0. The van der Waals surface area contributed by atoms with Crippen LogP contribution >= 0.6 is 0 Å². The van der Waals surface area contributed by atoms with E-state index < -0.39 is 0 Å². The molecule has 33 heavy (non-hydrogen) atoms. The molecule has 1 aliphatic rings. The van der Waals surface area contributed by atoms with Gasteiger partial charge in [-0.25, -0.2) is 12.2 Å². The SMILES string of the molecule is C[N-]C.C[N-]C.C[N-]C.Cc1ccc(C=CC=Cc2ccc(C)cc2)cc1.[C-]1=CC=CC1.[Ti+4]. The van der Waals surface area contributed by atoms with Crippen molar-refractivity contribution in [3.05, 3.63) is 123 Å². The van der Waals surface area contributed by atoms with Crippen LogP contribution in [0.5, 0.6) is 0 Å². The molecule has 0 aromatic heterocycles. The van der Waals surface area contributed by atoms with Gasteiger partial charge in [-0.15, -0.1) is 6.42 Å². The van der Waals surface area contributed by atoms with Crippen molar-refractivity contribution in [2.24, 2.45) is 0 Å². The minimum absolute atomic E-state index is 0. The van der Waals surface area contributed by atoms with Crippen LogP contribution in [0.2, 0.25) is 0 Å². The summed E-state index contributed by atoms with van der Waals surface area (Å²) < 4.78 is 0. The van der Waals surface area contributed by atoms with Crippen LogP contribution in [0.25, 0.3) is 28.1 Å². The molecule has 0 aliphatic heterocycles. The Kier molecular flexibility index (Phi) is 30.2. The average molecular weight is 480 g/mol. The van der Waals surface area contributed by atoms with E-state index in [1.807, 2.05) is 12.2 Å². The third-order valence-electron chi connectivity index (χ3n) is 3.43. The molecular weight excluding hydrogens is 438 g/mol. The zero-order valence-corrected chi connectivity index (χ0v) is 23.3. The Morgan fingerprint density at radius 1 is 0.636 bits per heavy atom. The van der Waals surface area contributed by atoms with Crippen LogP contribution in [0.3, 0.4) is 0 Å². The van der Waals surface area contributed by atoms with Crippen molar-refractivity contribution in [1.82, 2.24) is 0 Å². The maximum atomic E-state index is 3.50. The smallest absolute Gasteiger partial charge is 0.668 e. The number of hydrogen-bond acceptors (Lipinski definition) is 0. The standard InChI is InChI=1S/C18H18.C5H5.3C2H6N.Ti/c1-15-7-11-17(12-8-15)5-3-4-6-18-13-9-16(2)10-14-18;1-2-4-5-3-1;3*1-3-2;/h3-14H,1-2H3;1-3H,4H2;3*1-2H3;/q;4*-1;+4. The molecule has 0 heterocycles. The van der Waals surface area contributed by atoms with Crippen molar-refractivity contribution >= 4 is 12.2 Å². The van der Waals surface area contributed by atoms with E-state index in [-0.39, 0.29) is 21.7 Å². The van der Waals surface area contributed by atoms with Crippen LogP contribution < -0.4 is 0 Å². The van der Waals surface area contributed by atoms with Crippen molar-refractivity contribution in [3.8, 4) is 0 Å². The summed E-state index contributed by atoms with van der Waals surface area (Å²) in [7, 11) is 10.5. The van der Waals surface area contributed by atoms with E-state index in [9.17, 15) is 0 Å². The zero-order chi connectivity index (χ0) is 24.5. The van der Waals surface area contributed by atoms with E-state index in [4.69, 9.17) is 0 Å². The van der Waals surface area contributed by atoms with E-state index in [1.165, 1.54) is 22.3 Å². The second kappa shape index (κ2) is 28.0. The van der Waals surface area contributed by atoms with E-state index in [1.54, 1.807) is 42.3 Å². The maximum Gasteiger partial charge on any atom is 4.00 e. The van der Waals surface area contributed by atoms with E-state index in [0.717, 1.165) is 6.42 Å². The predicted octanol–water partition coefficient (Wildman–Crippen LogP) is 8.19. The second-order valence-corrected chi connectivity index (χ2v) is 6.88. The molecule has 4 heteroatoms. The third-order valence-corrected chi connectivity index (χ3v) is 3.43. The van der Waals surface area contributed by atoms with Crippen LogP contribution in [0.1, 0.15) is 28.7 Å². The summed E-state index contributed by atoms with van der Waals surface area (Å²) >= 11 is 0. The monoisotopic (exact) mass is 479 g/mol. The van der Waals surface area contributed by atoms with Crippen molar-refractivity contribution in [2.45, 2.75) is 20.3 Å². The summed E-state index contributed by atoms with van der Waals surface area (Å²) in [4.78, 5) is 0. The van der Waals surface area contributed by atoms with E-state index >= 15 is 0 Å². The molecule has 0 amide bonds. The molecule has 3 nitrogen and oxygen atoms in total. The first-order valence-corrected chi connectivity index (χ1v) is 10.6. The van der Waals surface area contributed by atoms with Crippen LogP contribution in [0.4, 0.5) is 0 Å². The Labute approximate surface area is 219 Å². The molecular formula is C29H41N3Ti. The van der Waals surface area contributed by atoms with Crippen molar-refractivity contribution in [3.63, 3.8) is 0 Å². The number of aryl methyl sites for hydroxylation is 2. The quantitative estimate of drug-likeness (QED) is 0.242. The number of benzene rings is 2. The first kappa shape index (κ1) is 35.6. The number of allylic oxidation sites excluding steroid dienone is 6. The van der Waals surface area contributed by atoms with Gasteiger partial charge in [-0.05, 0) is 25.0 Å². The molecule has 0 unspecified atom stereocenters. The van der Waals surface area contributed by atoms with Gasteiger partial charge in [0.05, 0.1) is 0 Å². The summed E-state index contributed by atoms with van der Waals surface area (Å²) in [5, 5.41) is 10.5. The normalized spacial score (nSPS) is 10.5. The van der Waals surface area contributed by atoms with Crippen LogP contribution in [-0.2, 0) is 21.7 Å². The van der Waals surface area contributed by atoms with Crippen molar-refractivity contribution < 1.29 is 21.7 Å². The van der Waals surface area contributed by atoms with Crippen LogP contribution in [-0.4, -0.2) is 42.3 Å². The van der Waals surface area contributed by atoms with Crippen molar-refractivity contribution in [1.29, 1.82) is 0 Å². The zero-order valence-electron chi connectivity index (χ0n) is 21.7. The number of rotatable bonds is 3. The molecule has 2 aromatic carbocycles. The summed E-state index contributed by atoms with van der Waals surface area (Å²) in [5.74, 6) is 0. The number of nitrogens with zero attached hydrogens (tertiary/aromatic N) is 3. The van der Waals surface area contributed by atoms with Gasteiger partial charge in [-0.3, -0.25) is 6.08 Å². The molecule has 0 fully saturated rings. The molecule has 2 aromatic rings. The molecule has 0 radical (unpaired) electrons.